The van der Waals surface area contributed by atoms with Crippen LogP contribution in [0.4, 0.5) is 20.7 Å². The third-order valence-corrected chi connectivity index (χ3v) is 8.38. The Bertz CT molecular complexity index is 1320. The molecule has 3 aromatic heterocycles. The van der Waals surface area contributed by atoms with Gasteiger partial charge in [0.1, 0.15) is 11.4 Å². The molecule has 0 bridgehead atoms. The molecule has 0 atom stereocenters. The number of halogens is 1. The van der Waals surface area contributed by atoms with E-state index in [0.717, 1.165) is 62.0 Å². The number of piperidine rings is 1. The summed E-state index contributed by atoms with van der Waals surface area (Å²) in [6.45, 7) is 2.51. The average Bonchev–Trinajstić information content (AvgIpc) is 3.69. The van der Waals surface area contributed by atoms with E-state index in [9.17, 15) is 9.18 Å². The molecule has 2 aliphatic carbocycles. The van der Waals surface area contributed by atoms with Crippen LogP contribution in [0.5, 0.6) is 0 Å². The van der Waals surface area contributed by atoms with E-state index in [1.54, 1.807) is 24.2 Å². The average molecular weight is 495 g/mol. The number of hydrogen-bond donors (Lipinski definition) is 2. The van der Waals surface area contributed by atoms with Crippen LogP contribution in [0.15, 0.2) is 18.5 Å². The van der Waals surface area contributed by atoms with E-state index in [2.05, 4.69) is 20.4 Å². The van der Waals surface area contributed by atoms with Gasteiger partial charge in [0, 0.05) is 38.5 Å². The lowest BCUT2D eigenvalue weighted by Gasteiger charge is -2.38. The fraction of sp³-hybridized carbons (Fsp3) is 0.600. The SMILES string of the molecule is COC1CN(c2nn(CC3(F)CC3)c3cc(-c4[nH]ncc4NC(=O)N4CCCCC45CC5)ncc23)C1. The van der Waals surface area contributed by atoms with Gasteiger partial charge in [-0.25, -0.2) is 9.18 Å². The van der Waals surface area contributed by atoms with Crippen molar-refractivity contribution in [1.29, 1.82) is 0 Å². The number of aromatic amines is 1. The number of carbonyl (C=O) groups is 1. The van der Waals surface area contributed by atoms with Crippen molar-refractivity contribution >= 4 is 28.4 Å². The first kappa shape index (κ1) is 22.0. The Labute approximate surface area is 208 Å². The highest BCUT2D eigenvalue weighted by Gasteiger charge is 2.51. The van der Waals surface area contributed by atoms with Crippen LogP contribution in [0.3, 0.4) is 0 Å². The molecule has 5 heterocycles. The largest absolute Gasteiger partial charge is 0.378 e. The van der Waals surface area contributed by atoms with Crippen molar-refractivity contribution in [3.05, 3.63) is 18.5 Å². The fourth-order valence-corrected chi connectivity index (χ4v) is 5.70. The Morgan fingerprint density at radius 3 is 2.81 bits per heavy atom. The minimum Gasteiger partial charge on any atom is -0.378 e. The van der Waals surface area contributed by atoms with Crippen molar-refractivity contribution in [2.24, 2.45) is 0 Å². The van der Waals surface area contributed by atoms with E-state index in [-0.39, 0.29) is 24.2 Å². The quantitative estimate of drug-likeness (QED) is 0.542. The minimum atomic E-state index is -1.19. The summed E-state index contributed by atoms with van der Waals surface area (Å²) in [5.74, 6) is 0.805. The summed E-state index contributed by atoms with van der Waals surface area (Å²) in [6.07, 6.45) is 10.2. The monoisotopic (exact) mass is 494 g/mol. The summed E-state index contributed by atoms with van der Waals surface area (Å²) in [5, 5.41) is 15.9. The molecule has 0 radical (unpaired) electrons. The molecule has 36 heavy (non-hydrogen) atoms. The maximum absolute atomic E-state index is 14.8. The number of fused-ring (bicyclic) bond motifs is 1. The number of alkyl halides is 1. The van der Waals surface area contributed by atoms with Crippen molar-refractivity contribution in [2.75, 3.05) is 37.0 Å². The molecule has 11 heteroatoms. The highest BCUT2D eigenvalue weighted by Crippen LogP contribution is 2.48. The second kappa shape index (κ2) is 7.89. The zero-order valence-electron chi connectivity index (χ0n) is 20.5. The van der Waals surface area contributed by atoms with Crippen molar-refractivity contribution in [3.63, 3.8) is 0 Å². The van der Waals surface area contributed by atoms with Crippen LogP contribution in [0.2, 0.25) is 0 Å². The van der Waals surface area contributed by atoms with Gasteiger partial charge in [-0.3, -0.25) is 14.8 Å². The Hall–Kier alpha value is -3.21. The number of urea groups is 1. The zero-order valence-corrected chi connectivity index (χ0v) is 20.5. The maximum Gasteiger partial charge on any atom is 0.322 e. The van der Waals surface area contributed by atoms with Gasteiger partial charge in [0.05, 0.1) is 41.1 Å². The highest BCUT2D eigenvalue weighted by atomic mass is 19.1. The topological polar surface area (TPSA) is 104 Å². The van der Waals surface area contributed by atoms with Crippen LogP contribution in [0, 0.1) is 0 Å². The normalized spacial score (nSPS) is 22.2. The number of anilines is 2. The van der Waals surface area contributed by atoms with E-state index in [0.29, 0.717) is 29.9 Å². The summed E-state index contributed by atoms with van der Waals surface area (Å²) in [7, 11) is 1.71. The molecule has 2 saturated carbocycles. The van der Waals surface area contributed by atoms with Crippen molar-refractivity contribution < 1.29 is 13.9 Å². The maximum atomic E-state index is 14.8. The van der Waals surface area contributed by atoms with Gasteiger partial charge in [-0.15, -0.1) is 0 Å². The van der Waals surface area contributed by atoms with Crippen LogP contribution in [0.1, 0.15) is 44.9 Å². The second-order valence-electron chi connectivity index (χ2n) is 10.9. The summed E-state index contributed by atoms with van der Waals surface area (Å²) < 4.78 is 22.0. The standard InChI is InChI=1S/C25H31FN8O2/c1-36-16-13-32(14-16)22-17-11-27-18(10-20(17)34(31-22)15-24(26)5-6-24)21-19(12-28-30-21)29-23(35)33-9-3-2-4-25(33)7-8-25/h10-12,16H,2-9,13-15H2,1H3,(H,28,30)(H,29,35). The lowest BCUT2D eigenvalue weighted by atomic mass is 10.0. The number of rotatable bonds is 6. The molecule has 7 rings (SSSR count). The van der Waals surface area contributed by atoms with Gasteiger partial charge >= 0.3 is 6.03 Å². The van der Waals surface area contributed by atoms with E-state index in [4.69, 9.17) is 14.8 Å². The predicted octanol–water partition coefficient (Wildman–Crippen LogP) is 3.71. The van der Waals surface area contributed by atoms with Crippen LogP contribution >= 0.6 is 0 Å². The summed E-state index contributed by atoms with van der Waals surface area (Å²) >= 11 is 0. The Balaban J connectivity index is 1.20. The number of hydrogen-bond acceptors (Lipinski definition) is 6. The van der Waals surface area contributed by atoms with Crippen molar-refractivity contribution in [1.82, 2.24) is 29.9 Å². The fourth-order valence-electron chi connectivity index (χ4n) is 5.70. The number of nitrogens with zero attached hydrogens (tertiary/aromatic N) is 6. The lowest BCUT2D eigenvalue weighted by molar-refractivity contribution is 0.0783. The van der Waals surface area contributed by atoms with Crippen LogP contribution < -0.4 is 10.2 Å². The van der Waals surface area contributed by atoms with Gasteiger partial charge in [0.2, 0.25) is 0 Å². The molecule has 4 aliphatic rings. The molecule has 10 nitrogen and oxygen atoms in total. The molecule has 2 saturated heterocycles. The number of aromatic nitrogens is 5. The van der Waals surface area contributed by atoms with E-state index in [1.165, 1.54) is 6.42 Å². The molecule has 1 spiro atoms. The van der Waals surface area contributed by atoms with Crippen molar-refractivity contribution in [2.45, 2.75) is 68.8 Å². The predicted molar refractivity (Wildman–Crippen MR) is 133 cm³/mol. The molecule has 0 aromatic carbocycles. The van der Waals surface area contributed by atoms with E-state index >= 15 is 0 Å². The van der Waals surface area contributed by atoms with Gasteiger partial charge in [0.25, 0.3) is 0 Å². The molecule has 2 aliphatic heterocycles. The van der Waals surface area contributed by atoms with Crippen LogP contribution in [0.25, 0.3) is 22.3 Å². The molecule has 2 amide bonds. The van der Waals surface area contributed by atoms with Crippen molar-refractivity contribution in [3.8, 4) is 11.4 Å². The molecule has 3 aromatic rings. The third kappa shape index (κ3) is 3.63. The van der Waals surface area contributed by atoms with Gasteiger partial charge in [-0.05, 0) is 51.0 Å². The summed E-state index contributed by atoms with van der Waals surface area (Å²) in [5.41, 5.74) is 1.53. The molecule has 190 valence electrons. The number of H-pyrrole nitrogens is 1. The Kier molecular flexibility index (Phi) is 4.83. The number of ether oxygens (including phenoxy) is 1. The first-order chi connectivity index (χ1) is 17.5. The smallest absolute Gasteiger partial charge is 0.322 e. The number of carbonyl (C=O) groups excluding carboxylic acids is 1. The van der Waals surface area contributed by atoms with E-state index < -0.39 is 5.67 Å². The van der Waals surface area contributed by atoms with Gasteiger partial charge < -0.3 is 19.9 Å². The third-order valence-electron chi connectivity index (χ3n) is 8.38. The summed E-state index contributed by atoms with van der Waals surface area (Å²) in [6, 6.07) is 1.83. The molecule has 0 unspecified atom stereocenters. The van der Waals surface area contributed by atoms with Crippen LogP contribution in [-0.4, -0.2) is 79.9 Å². The Morgan fingerprint density at radius 2 is 2.06 bits per heavy atom. The van der Waals surface area contributed by atoms with Gasteiger partial charge in [-0.2, -0.15) is 10.2 Å². The number of pyridine rings is 1. The number of nitrogens with one attached hydrogen (secondary N) is 2. The molecule has 4 fully saturated rings. The highest BCUT2D eigenvalue weighted by molar-refractivity contribution is 5.96. The van der Waals surface area contributed by atoms with E-state index in [1.807, 2.05) is 11.0 Å². The Morgan fingerprint density at radius 1 is 1.22 bits per heavy atom. The van der Waals surface area contributed by atoms with Gasteiger partial charge in [0.15, 0.2) is 5.82 Å². The summed E-state index contributed by atoms with van der Waals surface area (Å²) in [4.78, 5) is 22.0. The molecular formula is C25H31FN8O2. The van der Waals surface area contributed by atoms with Crippen LogP contribution in [-0.2, 0) is 11.3 Å². The number of amides is 2. The zero-order chi connectivity index (χ0) is 24.5. The second-order valence-corrected chi connectivity index (χ2v) is 10.9. The number of methoxy groups -OCH3 is 1. The first-order valence-corrected chi connectivity index (χ1v) is 12.9. The molecule has 2 N–H and O–H groups in total. The molecular weight excluding hydrogens is 463 g/mol. The number of likely N-dealkylation sites (tertiary alicyclic amines) is 1. The minimum absolute atomic E-state index is 0.0517. The lowest BCUT2D eigenvalue weighted by Crippen LogP contribution is -2.52. The first-order valence-electron chi connectivity index (χ1n) is 12.9. The van der Waals surface area contributed by atoms with Gasteiger partial charge in [-0.1, -0.05) is 0 Å².